The van der Waals surface area contributed by atoms with Gasteiger partial charge in [-0.05, 0) is 94.3 Å². The van der Waals surface area contributed by atoms with Gasteiger partial charge < -0.3 is 9.13 Å². The molecule has 1 aliphatic rings. The van der Waals surface area contributed by atoms with Crippen molar-refractivity contribution >= 4 is 66.1 Å². The lowest BCUT2D eigenvalue weighted by atomic mass is 9.94. The maximum atomic E-state index is 9.06. The topological polar surface area (TPSA) is 9.86 Å². The van der Waals surface area contributed by atoms with Crippen molar-refractivity contribution in [2.24, 2.45) is 0 Å². The first-order valence-corrected chi connectivity index (χ1v) is 16.8. The van der Waals surface area contributed by atoms with Crippen LogP contribution >= 0.6 is 11.8 Å². The third-order valence-corrected chi connectivity index (χ3v) is 10.8. The summed E-state index contributed by atoms with van der Waals surface area (Å²) in [5.41, 5.74) is 6.95. The number of hydrogen-bond donors (Lipinski definition) is 0. The largest absolute Gasteiger partial charge is 0.309 e. The van der Waals surface area contributed by atoms with E-state index in [1.807, 2.05) is 71.3 Å². The minimum absolute atomic E-state index is 0.0783. The van der Waals surface area contributed by atoms with Crippen LogP contribution in [0.4, 0.5) is 0 Å². The second-order valence-corrected chi connectivity index (χ2v) is 13.3. The number of para-hydroxylation sites is 3. The Morgan fingerprint density at radius 3 is 1.78 bits per heavy atom. The van der Waals surface area contributed by atoms with Gasteiger partial charge in [0.25, 0.3) is 0 Å². The van der Waals surface area contributed by atoms with Crippen LogP contribution in [0.3, 0.4) is 0 Å². The lowest BCUT2D eigenvalue weighted by Gasteiger charge is -2.21. The van der Waals surface area contributed by atoms with E-state index in [9.17, 15) is 0 Å². The molecule has 0 spiro atoms. The van der Waals surface area contributed by atoms with E-state index in [0.717, 1.165) is 69.9 Å². The standard InChI is InChI=1S/C46H28N2S/c1-3-12-31(13-4-1)47-39-20-9-7-16-33(39)37-26-29(22-24-40(37)47)30-23-25-41-38(27-30)45-36-19-11-18-35-34-17-8-10-21-43(34)49-44(46(35)36)28-42(45)48(41)32-14-5-2-6-15-32/h1-28H/i1D,2D,3D,4D,5D,6D,12D,13D,14D,15D. The lowest BCUT2D eigenvalue weighted by molar-refractivity contribution is 1.18. The quantitative estimate of drug-likeness (QED) is 0.185. The van der Waals surface area contributed by atoms with Crippen LogP contribution in [-0.4, -0.2) is 9.13 Å². The van der Waals surface area contributed by atoms with E-state index in [-0.39, 0.29) is 35.5 Å². The van der Waals surface area contributed by atoms with Gasteiger partial charge in [-0.2, -0.15) is 0 Å². The minimum Gasteiger partial charge on any atom is -0.309 e. The average Bonchev–Trinajstić information content (AvgIpc) is 3.75. The van der Waals surface area contributed by atoms with Crippen molar-refractivity contribution in [2.75, 3.05) is 0 Å². The monoisotopic (exact) mass is 650 g/mol. The fourth-order valence-corrected chi connectivity index (χ4v) is 8.84. The summed E-state index contributed by atoms with van der Waals surface area (Å²) in [6.45, 7) is 0. The first kappa shape index (κ1) is 19.1. The van der Waals surface area contributed by atoms with Crippen LogP contribution in [0.25, 0.3) is 88.0 Å². The Morgan fingerprint density at radius 2 is 1.00 bits per heavy atom. The summed E-state index contributed by atoms with van der Waals surface area (Å²) in [7, 11) is 0. The molecule has 49 heavy (non-hydrogen) atoms. The van der Waals surface area contributed by atoms with Crippen molar-refractivity contribution < 1.29 is 13.7 Å². The zero-order valence-electron chi connectivity index (χ0n) is 35.7. The highest BCUT2D eigenvalue weighted by Gasteiger charge is 2.24. The first-order valence-electron chi connectivity index (χ1n) is 21.0. The molecular weight excluding hydrogens is 613 g/mol. The number of benzene rings is 8. The van der Waals surface area contributed by atoms with Gasteiger partial charge >= 0.3 is 0 Å². The van der Waals surface area contributed by atoms with E-state index < -0.39 is 36.3 Å². The van der Waals surface area contributed by atoms with E-state index in [1.54, 1.807) is 16.3 Å². The molecule has 0 fully saturated rings. The van der Waals surface area contributed by atoms with E-state index in [0.29, 0.717) is 16.6 Å². The summed E-state index contributed by atoms with van der Waals surface area (Å²) in [6, 6.07) is 32.5. The molecule has 0 amide bonds. The normalized spacial score (nSPS) is 15.3. The van der Waals surface area contributed by atoms with Gasteiger partial charge in [0.15, 0.2) is 0 Å². The van der Waals surface area contributed by atoms with Gasteiger partial charge in [0.2, 0.25) is 0 Å². The van der Waals surface area contributed by atoms with Crippen LogP contribution in [0.1, 0.15) is 13.7 Å². The second-order valence-electron chi connectivity index (χ2n) is 12.2. The Morgan fingerprint density at radius 1 is 0.408 bits per heavy atom. The summed E-state index contributed by atoms with van der Waals surface area (Å²) in [5.74, 6) is 0. The fraction of sp³-hybridized carbons (Fsp3) is 0. The summed E-state index contributed by atoms with van der Waals surface area (Å²) < 4.78 is 89.7. The molecule has 0 saturated carbocycles. The first-order chi connectivity index (χ1) is 28.5. The van der Waals surface area contributed by atoms with Gasteiger partial charge in [-0.1, -0.05) is 115 Å². The molecule has 3 heterocycles. The highest BCUT2D eigenvalue weighted by Crippen LogP contribution is 2.51. The Kier molecular flexibility index (Phi) is 3.99. The van der Waals surface area contributed by atoms with Crippen LogP contribution in [0.15, 0.2) is 179 Å². The van der Waals surface area contributed by atoms with Crippen molar-refractivity contribution in [2.45, 2.75) is 9.79 Å². The van der Waals surface area contributed by atoms with Crippen molar-refractivity contribution in [1.29, 1.82) is 0 Å². The Bertz CT molecular complexity index is 3490. The van der Waals surface area contributed by atoms with Gasteiger partial charge in [-0.25, -0.2) is 0 Å². The van der Waals surface area contributed by atoms with E-state index in [4.69, 9.17) is 13.7 Å². The molecule has 11 rings (SSSR count). The number of rotatable bonds is 3. The van der Waals surface area contributed by atoms with Crippen molar-refractivity contribution in [3.05, 3.63) is 170 Å². The number of aromatic nitrogens is 2. The van der Waals surface area contributed by atoms with Crippen LogP contribution < -0.4 is 0 Å². The predicted molar refractivity (Wildman–Crippen MR) is 208 cm³/mol. The van der Waals surface area contributed by atoms with Gasteiger partial charge in [0.1, 0.15) is 0 Å². The summed E-state index contributed by atoms with van der Waals surface area (Å²) in [5, 5.41) is 5.52. The summed E-state index contributed by atoms with van der Waals surface area (Å²) in [4.78, 5) is 2.13. The molecule has 1 aliphatic heterocycles. The Balaban J connectivity index is 1.22. The van der Waals surface area contributed by atoms with E-state index >= 15 is 0 Å². The smallest absolute Gasteiger partial charge is 0.0645 e. The van der Waals surface area contributed by atoms with E-state index in [2.05, 4.69) is 42.5 Å². The maximum absolute atomic E-state index is 9.06. The van der Waals surface area contributed by atoms with Gasteiger partial charge in [-0.3, -0.25) is 0 Å². The molecule has 0 N–H and O–H groups in total. The molecule has 0 radical (unpaired) electrons. The molecule has 0 saturated heterocycles. The summed E-state index contributed by atoms with van der Waals surface area (Å²) in [6.07, 6.45) is 0. The maximum Gasteiger partial charge on any atom is 0.0645 e. The Labute approximate surface area is 301 Å². The van der Waals surface area contributed by atoms with Gasteiger partial charge in [0, 0.05) is 48.1 Å². The molecule has 3 heteroatoms. The predicted octanol–water partition coefficient (Wildman–Crippen LogP) is 12.8. The number of nitrogens with zero attached hydrogens (tertiary/aromatic N) is 2. The van der Waals surface area contributed by atoms with Crippen molar-refractivity contribution in [1.82, 2.24) is 9.13 Å². The van der Waals surface area contributed by atoms with Gasteiger partial charge in [-0.15, -0.1) is 0 Å². The number of fused-ring (bicyclic) bond motifs is 9. The van der Waals surface area contributed by atoms with Crippen molar-refractivity contribution in [3.8, 4) is 33.6 Å². The molecule has 0 unspecified atom stereocenters. The number of hydrogen-bond acceptors (Lipinski definition) is 1. The summed E-state index contributed by atoms with van der Waals surface area (Å²) >= 11 is 1.66. The zero-order chi connectivity index (χ0) is 40.8. The molecule has 2 nitrogen and oxygen atoms in total. The van der Waals surface area contributed by atoms with Crippen LogP contribution in [-0.2, 0) is 0 Å². The third kappa shape index (κ3) is 3.85. The van der Waals surface area contributed by atoms with Crippen LogP contribution in [0, 0.1) is 0 Å². The molecule has 10 aromatic rings. The highest BCUT2D eigenvalue weighted by molar-refractivity contribution is 7.99. The average molecular weight is 651 g/mol. The zero-order valence-corrected chi connectivity index (χ0v) is 26.5. The minimum atomic E-state index is -0.451. The molecular formula is C46H28N2S. The van der Waals surface area contributed by atoms with E-state index in [1.165, 1.54) is 0 Å². The Hall–Kier alpha value is -6.03. The lowest BCUT2D eigenvalue weighted by Crippen LogP contribution is -1.96. The SMILES string of the molecule is [2H]c1c([2H])c([2H])c(-n2c3ccccc3c3cc(-c4ccc5c(c4)c4c6cccc7c6c(cc4n5-c4c([2H])c([2H])c([2H])c([2H])c4[2H])Sc4ccccc4-7)ccc32)c([2H])c1[2H]. The molecule has 0 atom stereocenters. The molecule has 8 aromatic carbocycles. The van der Waals surface area contributed by atoms with Gasteiger partial charge in [0.05, 0.1) is 35.8 Å². The van der Waals surface area contributed by atoms with Crippen molar-refractivity contribution in [3.63, 3.8) is 0 Å². The molecule has 0 aliphatic carbocycles. The fourth-order valence-electron chi connectivity index (χ4n) is 7.68. The van der Waals surface area contributed by atoms with Crippen LogP contribution in [0.5, 0.6) is 0 Å². The highest BCUT2D eigenvalue weighted by atomic mass is 32.2. The molecule has 2 aromatic heterocycles. The van der Waals surface area contributed by atoms with Crippen LogP contribution in [0.2, 0.25) is 0 Å². The molecule has 0 bridgehead atoms. The third-order valence-electron chi connectivity index (χ3n) is 9.68. The molecule has 228 valence electrons. The second kappa shape index (κ2) is 10.2.